The lowest BCUT2D eigenvalue weighted by Crippen LogP contribution is -2.46. The van der Waals surface area contributed by atoms with Crippen LogP contribution in [-0.2, 0) is 16.1 Å². The predicted octanol–water partition coefficient (Wildman–Crippen LogP) is 0.220. The number of carbonyl (C=O) groups excluding carboxylic acids is 1. The van der Waals surface area contributed by atoms with Crippen LogP contribution >= 0.6 is 0 Å². The minimum absolute atomic E-state index is 0.0522. The number of aliphatic hydroxyl groups excluding tert-OH is 1. The second-order valence-electron chi connectivity index (χ2n) is 5.51. The molecule has 1 saturated heterocycles. The summed E-state index contributed by atoms with van der Waals surface area (Å²) in [5, 5.41) is 11.2. The number of hydrogen-bond donors (Lipinski definition) is 1. The van der Waals surface area contributed by atoms with E-state index in [0.717, 1.165) is 5.39 Å². The molecular weight excluding hydrogens is 284 g/mol. The van der Waals surface area contributed by atoms with Gasteiger partial charge in [-0.2, -0.15) is 0 Å². The molecule has 0 unspecified atom stereocenters. The first-order valence-electron chi connectivity index (χ1n) is 7.17. The molecule has 6 heteroatoms. The maximum atomic E-state index is 12.4. The number of amides is 1. The molecule has 0 radical (unpaired) electrons. The Morgan fingerprint density at radius 3 is 2.86 bits per heavy atom. The Kier molecular flexibility index (Phi) is 3.96. The first-order chi connectivity index (χ1) is 10.6. The van der Waals surface area contributed by atoms with Crippen LogP contribution in [0.2, 0.25) is 0 Å². The van der Waals surface area contributed by atoms with Gasteiger partial charge in [0, 0.05) is 18.6 Å². The largest absolute Gasteiger partial charge is 0.388 e. The summed E-state index contributed by atoms with van der Waals surface area (Å²) in [7, 11) is 1.62. The Hall–Kier alpha value is -2.18. The lowest BCUT2D eigenvalue weighted by Gasteiger charge is -2.26. The lowest BCUT2D eigenvalue weighted by molar-refractivity contribution is -0.134. The van der Waals surface area contributed by atoms with E-state index in [4.69, 9.17) is 4.74 Å². The van der Waals surface area contributed by atoms with Gasteiger partial charge in [-0.25, -0.2) is 0 Å². The summed E-state index contributed by atoms with van der Waals surface area (Å²) in [5.41, 5.74) is -0.192. The molecule has 1 amide bonds. The highest BCUT2D eigenvalue weighted by molar-refractivity contribution is 5.82. The second-order valence-corrected chi connectivity index (χ2v) is 5.51. The molecule has 1 aliphatic heterocycles. The zero-order valence-electron chi connectivity index (χ0n) is 12.3. The molecule has 6 nitrogen and oxygen atoms in total. The van der Waals surface area contributed by atoms with Crippen molar-refractivity contribution in [1.82, 2.24) is 9.47 Å². The first-order valence-corrected chi connectivity index (χ1v) is 7.17. The third kappa shape index (κ3) is 2.63. The average molecular weight is 302 g/mol. The molecule has 0 bridgehead atoms. The topological polar surface area (TPSA) is 71.8 Å². The SMILES string of the molecule is CN(C(=O)Cn1ccc2ccccc2c1=O)[C@@H]1COC[C@H]1O. The van der Waals surface area contributed by atoms with E-state index in [-0.39, 0.29) is 30.7 Å². The number of ether oxygens (including phenoxy) is 1. The molecular formula is C16H18N2O4. The van der Waals surface area contributed by atoms with E-state index in [1.807, 2.05) is 18.2 Å². The van der Waals surface area contributed by atoms with Gasteiger partial charge >= 0.3 is 0 Å². The number of aliphatic hydroxyl groups is 1. The summed E-state index contributed by atoms with van der Waals surface area (Å²) in [6.07, 6.45) is 0.945. The Bertz CT molecular complexity index is 755. The number of rotatable bonds is 3. The molecule has 1 aromatic carbocycles. The third-order valence-corrected chi connectivity index (χ3v) is 4.10. The fourth-order valence-electron chi connectivity index (χ4n) is 2.70. The molecule has 0 saturated carbocycles. The Balaban J connectivity index is 1.82. The van der Waals surface area contributed by atoms with Gasteiger partial charge in [0.05, 0.1) is 25.4 Å². The highest BCUT2D eigenvalue weighted by Gasteiger charge is 2.32. The summed E-state index contributed by atoms with van der Waals surface area (Å²) in [6.45, 7) is 0.498. The van der Waals surface area contributed by atoms with Crippen LogP contribution in [0.5, 0.6) is 0 Å². The molecule has 2 aromatic rings. The maximum absolute atomic E-state index is 12.4. The van der Waals surface area contributed by atoms with Crippen LogP contribution in [0.25, 0.3) is 10.8 Å². The van der Waals surface area contributed by atoms with Crippen molar-refractivity contribution in [2.75, 3.05) is 20.3 Å². The van der Waals surface area contributed by atoms with Crippen LogP contribution in [0, 0.1) is 0 Å². The van der Waals surface area contributed by atoms with E-state index in [1.54, 1.807) is 25.4 Å². The molecule has 0 spiro atoms. The number of pyridine rings is 1. The van der Waals surface area contributed by atoms with Gasteiger partial charge < -0.3 is 19.3 Å². The quantitative estimate of drug-likeness (QED) is 0.880. The number of hydrogen-bond acceptors (Lipinski definition) is 4. The predicted molar refractivity (Wildman–Crippen MR) is 81.6 cm³/mol. The number of aromatic nitrogens is 1. The monoisotopic (exact) mass is 302 g/mol. The Morgan fingerprint density at radius 2 is 2.14 bits per heavy atom. The van der Waals surface area contributed by atoms with Gasteiger partial charge in [-0.15, -0.1) is 0 Å². The van der Waals surface area contributed by atoms with E-state index in [2.05, 4.69) is 0 Å². The van der Waals surface area contributed by atoms with E-state index >= 15 is 0 Å². The van der Waals surface area contributed by atoms with Gasteiger partial charge in [0.2, 0.25) is 5.91 Å². The molecule has 22 heavy (non-hydrogen) atoms. The molecule has 2 atom stereocenters. The average Bonchev–Trinajstić information content (AvgIpc) is 2.95. The van der Waals surface area contributed by atoms with Gasteiger partial charge in [0.25, 0.3) is 5.56 Å². The molecule has 1 fully saturated rings. The van der Waals surface area contributed by atoms with Crippen molar-refractivity contribution >= 4 is 16.7 Å². The number of fused-ring (bicyclic) bond motifs is 1. The van der Waals surface area contributed by atoms with Crippen LogP contribution in [-0.4, -0.2) is 52.9 Å². The van der Waals surface area contributed by atoms with Gasteiger partial charge in [0.1, 0.15) is 6.54 Å². The summed E-state index contributed by atoms with van der Waals surface area (Å²) in [6, 6.07) is 8.74. The molecule has 1 N–H and O–H groups in total. The van der Waals surface area contributed by atoms with E-state index in [1.165, 1.54) is 9.47 Å². The maximum Gasteiger partial charge on any atom is 0.258 e. The summed E-state index contributed by atoms with van der Waals surface area (Å²) in [5.74, 6) is -0.230. The number of likely N-dealkylation sites (N-methyl/N-ethyl adjacent to an activating group) is 1. The summed E-state index contributed by atoms with van der Waals surface area (Å²) >= 11 is 0. The first kappa shape index (κ1) is 14.7. The second kappa shape index (κ2) is 5.90. The normalized spacial score (nSPS) is 21.2. The van der Waals surface area contributed by atoms with E-state index in [9.17, 15) is 14.7 Å². The minimum Gasteiger partial charge on any atom is -0.388 e. The fourth-order valence-corrected chi connectivity index (χ4v) is 2.70. The third-order valence-electron chi connectivity index (χ3n) is 4.10. The van der Waals surface area contributed by atoms with Crippen molar-refractivity contribution in [1.29, 1.82) is 0 Å². The van der Waals surface area contributed by atoms with Crippen molar-refractivity contribution in [3.63, 3.8) is 0 Å². The van der Waals surface area contributed by atoms with Gasteiger partial charge in [-0.1, -0.05) is 18.2 Å². The zero-order chi connectivity index (χ0) is 15.7. The Morgan fingerprint density at radius 1 is 1.36 bits per heavy atom. The summed E-state index contributed by atoms with van der Waals surface area (Å²) in [4.78, 5) is 26.2. The van der Waals surface area contributed by atoms with Crippen LogP contribution in [0.4, 0.5) is 0 Å². The minimum atomic E-state index is -0.678. The molecule has 2 heterocycles. The number of carbonyl (C=O) groups is 1. The molecule has 3 rings (SSSR count). The molecule has 1 aliphatic rings. The van der Waals surface area contributed by atoms with E-state index < -0.39 is 6.10 Å². The van der Waals surface area contributed by atoms with Crippen molar-refractivity contribution in [2.24, 2.45) is 0 Å². The van der Waals surface area contributed by atoms with Gasteiger partial charge in [-0.05, 0) is 17.5 Å². The summed E-state index contributed by atoms with van der Waals surface area (Å²) < 4.78 is 6.55. The number of nitrogens with zero attached hydrogens (tertiary/aromatic N) is 2. The lowest BCUT2D eigenvalue weighted by atomic mass is 10.1. The van der Waals surface area contributed by atoms with Crippen LogP contribution in [0.1, 0.15) is 0 Å². The Labute approximate surface area is 127 Å². The molecule has 0 aliphatic carbocycles. The highest BCUT2D eigenvalue weighted by Crippen LogP contribution is 2.13. The van der Waals surface area contributed by atoms with Crippen molar-refractivity contribution < 1.29 is 14.6 Å². The van der Waals surface area contributed by atoms with Crippen LogP contribution in [0.15, 0.2) is 41.3 Å². The number of benzene rings is 1. The smallest absolute Gasteiger partial charge is 0.258 e. The fraction of sp³-hybridized carbons (Fsp3) is 0.375. The highest BCUT2D eigenvalue weighted by atomic mass is 16.5. The molecule has 1 aromatic heterocycles. The molecule has 116 valence electrons. The van der Waals surface area contributed by atoms with Gasteiger partial charge in [-0.3, -0.25) is 9.59 Å². The standard InChI is InChI=1S/C16H18N2O4/c1-17(13-9-22-10-14(13)19)15(20)8-18-7-6-11-4-2-3-5-12(11)16(18)21/h2-7,13-14,19H,8-10H2,1H3/t13-,14-/m1/s1. The zero-order valence-corrected chi connectivity index (χ0v) is 12.3. The van der Waals surface area contributed by atoms with Crippen LogP contribution < -0.4 is 5.56 Å². The van der Waals surface area contributed by atoms with Gasteiger partial charge in [0.15, 0.2) is 0 Å². The van der Waals surface area contributed by atoms with Crippen molar-refractivity contribution in [2.45, 2.75) is 18.7 Å². The van der Waals surface area contributed by atoms with Crippen LogP contribution in [0.3, 0.4) is 0 Å². The van der Waals surface area contributed by atoms with Crippen molar-refractivity contribution in [3.05, 3.63) is 46.9 Å². The van der Waals surface area contributed by atoms with Crippen molar-refractivity contribution in [3.8, 4) is 0 Å². The van der Waals surface area contributed by atoms with E-state index in [0.29, 0.717) is 12.0 Å².